The lowest BCUT2D eigenvalue weighted by Crippen LogP contribution is -2.35. The molecule has 0 bridgehead atoms. The molecule has 0 aromatic heterocycles. The van der Waals surface area contributed by atoms with E-state index in [2.05, 4.69) is 5.32 Å². The molecular formula is C27H30N2O3. The quantitative estimate of drug-likeness (QED) is 0.550. The van der Waals surface area contributed by atoms with Crippen LogP contribution in [0.2, 0.25) is 0 Å². The van der Waals surface area contributed by atoms with E-state index in [1.165, 1.54) is 0 Å². The number of nitrogens with one attached hydrogen (secondary N) is 1. The van der Waals surface area contributed by atoms with E-state index in [9.17, 15) is 9.59 Å². The molecule has 1 saturated heterocycles. The molecule has 5 heteroatoms. The number of amides is 2. The van der Waals surface area contributed by atoms with E-state index in [4.69, 9.17) is 4.74 Å². The van der Waals surface area contributed by atoms with Gasteiger partial charge in [0.1, 0.15) is 5.75 Å². The number of likely N-dealkylation sites (tertiary alicyclic amines) is 1. The summed E-state index contributed by atoms with van der Waals surface area (Å²) in [5.41, 5.74) is 1.06. The van der Waals surface area contributed by atoms with Crippen LogP contribution in [0.15, 0.2) is 66.7 Å². The number of hydrogen-bond donors (Lipinski definition) is 1. The number of para-hydroxylation sites is 1. The monoisotopic (exact) mass is 430 g/mol. The predicted molar refractivity (Wildman–Crippen MR) is 128 cm³/mol. The maximum Gasteiger partial charge on any atom is 0.265 e. The van der Waals surface area contributed by atoms with Crippen molar-refractivity contribution in [1.82, 2.24) is 4.90 Å². The lowest BCUT2D eigenvalue weighted by molar-refractivity contribution is -0.122. The number of carbonyl (C=O) groups is 2. The van der Waals surface area contributed by atoms with Crippen molar-refractivity contribution >= 4 is 28.3 Å². The number of nitrogens with zero attached hydrogens (tertiary/aromatic N) is 1. The zero-order valence-electron chi connectivity index (χ0n) is 18.5. The number of fused-ring (bicyclic) bond motifs is 1. The standard InChI is InChI=1S/C27H30N2O3/c1-2-24(32-25-17-11-13-20-12-5-6-14-21(20)25)26(30)28-23-16-8-7-15-22(23)27(31)29-18-9-3-4-10-19-29/h5-8,11-17,24H,2-4,9-10,18-19H2,1H3,(H,28,30)/t24-/m1/s1. The fourth-order valence-electron chi connectivity index (χ4n) is 4.21. The summed E-state index contributed by atoms with van der Waals surface area (Å²) in [6.45, 7) is 3.45. The van der Waals surface area contributed by atoms with Crippen LogP contribution in [0, 0.1) is 0 Å². The van der Waals surface area contributed by atoms with Crippen molar-refractivity contribution in [2.75, 3.05) is 18.4 Å². The van der Waals surface area contributed by atoms with Gasteiger partial charge in [0.2, 0.25) is 0 Å². The molecule has 0 radical (unpaired) electrons. The number of hydrogen-bond acceptors (Lipinski definition) is 3. The molecule has 1 aliphatic heterocycles. The van der Waals surface area contributed by atoms with Crippen molar-refractivity contribution in [1.29, 1.82) is 0 Å². The molecule has 3 aromatic carbocycles. The Morgan fingerprint density at radius 3 is 2.38 bits per heavy atom. The summed E-state index contributed by atoms with van der Waals surface area (Å²) in [6.07, 6.45) is 4.21. The van der Waals surface area contributed by atoms with Crippen LogP contribution in [-0.4, -0.2) is 35.9 Å². The van der Waals surface area contributed by atoms with E-state index in [1.54, 1.807) is 12.1 Å². The Bertz CT molecular complexity index is 1080. The van der Waals surface area contributed by atoms with Crippen LogP contribution in [0.1, 0.15) is 49.4 Å². The second kappa shape index (κ2) is 10.3. The van der Waals surface area contributed by atoms with Gasteiger partial charge < -0.3 is 15.0 Å². The predicted octanol–water partition coefficient (Wildman–Crippen LogP) is 5.65. The third-order valence-electron chi connectivity index (χ3n) is 5.99. The van der Waals surface area contributed by atoms with Gasteiger partial charge in [-0.3, -0.25) is 9.59 Å². The van der Waals surface area contributed by atoms with Gasteiger partial charge in [0.25, 0.3) is 11.8 Å². The molecule has 32 heavy (non-hydrogen) atoms. The zero-order valence-corrected chi connectivity index (χ0v) is 18.5. The molecule has 4 rings (SSSR count). The first-order valence-electron chi connectivity index (χ1n) is 11.5. The van der Waals surface area contributed by atoms with E-state index < -0.39 is 6.10 Å². The molecule has 1 heterocycles. The first kappa shape index (κ1) is 21.9. The van der Waals surface area contributed by atoms with Gasteiger partial charge in [0.05, 0.1) is 11.3 Å². The van der Waals surface area contributed by atoms with Gasteiger partial charge >= 0.3 is 0 Å². The molecule has 1 aliphatic rings. The van der Waals surface area contributed by atoms with Gasteiger partial charge in [-0.15, -0.1) is 0 Å². The minimum atomic E-state index is -0.665. The molecule has 0 aliphatic carbocycles. The highest BCUT2D eigenvalue weighted by Crippen LogP contribution is 2.27. The van der Waals surface area contributed by atoms with Gasteiger partial charge in [-0.25, -0.2) is 0 Å². The molecule has 0 spiro atoms. The molecule has 3 aromatic rings. The van der Waals surface area contributed by atoms with Crippen LogP contribution in [0.25, 0.3) is 10.8 Å². The number of benzene rings is 3. The Kier molecular flexibility index (Phi) is 7.05. The smallest absolute Gasteiger partial charge is 0.265 e. The molecule has 0 saturated carbocycles. The topological polar surface area (TPSA) is 58.6 Å². The van der Waals surface area contributed by atoms with Crippen molar-refractivity contribution in [3.8, 4) is 5.75 Å². The van der Waals surface area contributed by atoms with E-state index in [0.717, 1.165) is 49.5 Å². The number of rotatable bonds is 6. The minimum absolute atomic E-state index is 0.0224. The maximum absolute atomic E-state index is 13.2. The lowest BCUT2D eigenvalue weighted by atomic mass is 10.1. The average Bonchev–Trinajstić information content (AvgIpc) is 3.12. The van der Waals surface area contributed by atoms with E-state index in [1.807, 2.05) is 66.4 Å². The van der Waals surface area contributed by atoms with Gasteiger partial charge in [-0.05, 0) is 42.8 Å². The summed E-state index contributed by atoms with van der Waals surface area (Å²) in [5, 5.41) is 4.99. The molecule has 1 N–H and O–H groups in total. The third kappa shape index (κ3) is 4.93. The van der Waals surface area contributed by atoms with E-state index >= 15 is 0 Å². The summed E-state index contributed by atoms with van der Waals surface area (Å²) in [6, 6.07) is 21.0. The Morgan fingerprint density at radius 2 is 1.59 bits per heavy atom. The number of ether oxygens (including phenoxy) is 1. The SMILES string of the molecule is CC[C@@H](Oc1cccc2ccccc12)C(=O)Nc1ccccc1C(=O)N1CCCCCC1. The lowest BCUT2D eigenvalue weighted by Gasteiger charge is -2.23. The van der Waals surface area contributed by atoms with E-state index in [-0.39, 0.29) is 11.8 Å². The van der Waals surface area contributed by atoms with Crippen LogP contribution in [-0.2, 0) is 4.79 Å². The van der Waals surface area contributed by atoms with Gasteiger partial charge in [0.15, 0.2) is 6.10 Å². The van der Waals surface area contributed by atoms with Crippen molar-refractivity contribution in [2.45, 2.75) is 45.1 Å². The summed E-state index contributed by atoms with van der Waals surface area (Å²) in [4.78, 5) is 28.2. The largest absolute Gasteiger partial charge is 0.480 e. The highest BCUT2D eigenvalue weighted by atomic mass is 16.5. The van der Waals surface area contributed by atoms with Crippen LogP contribution in [0.5, 0.6) is 5.75 Å². The van der Waals surface area contributed by atoms with Crippen molar-refractivity contribution < 1.29 is 14.3 Å². The maximum atomic E-state index is 13.2. The Balaban J connectivity index is 1.52. The zero-order chi connectivity index (χ0) is 22.3. The highest BCUT2D eigenvalue weighted by molar-refractivity contribution is 6.04. The molecular weight excluding hydrogens is 400 g/mol. The van der Waals surface area contributed by atoms with Crippen molar-refractivity contribution in [3.05, 3.63) is 72.3 Å². The average molecular weight is 431 g/mol. The Labute approximate surface area is 189 Å². The molecule has 1 atom stereocenters. The first-order valence-corrected chi connectivity index (χ1v) is 11.5. The fraction of sp³-hybridized carbons (Fsp3) is 0.333. The van der Waals surface area contributed by atoms with Crippen LogP contribution in [0.3, 0.4) is 0 Å². The normalized spacial score (nSPS) is 15.1. The molecule has 2 amide bonds. The molecule has 0 unspecified atom stereocenters. The fourth-order valence-corrected chi connectivity index (χ4v) is 4.21. The van der Waals surface area contributed by atoms with Crippen LogP contribution < -0.4 is 10.1 Å². The minimum Gasteiger partial charge on any atom is -0.480 e. The number of carbonyl (C=O) groups excluding carboxylic acids is 2. The third-order valence-corrected chi connectivity index (χ3v) is 5.99. The second-order valence-electron chi connectivity index (χ2n) is 8.23. The van der Waals surface area contributed by atoms with Gasteiger partial charge in [0, 0.05) is 18.5 Å². The summed E-state index contributed by atoms with van der Waals surface area (Å²) in [5.74, 6) is 0.404. The number of anilines is 1. The summed E-state index contributed by atoms with van der Waals surface area (Å²) in [7, 11) is 0. The summed E-state index contributed by atoms with van der Waals surface area (Å²) >= 11 is 0. The van der Waals surface area contributed by atoms with Crippen LogP contribution >= 0.6 is 0 Å². The molecule has 1 fully saturated rings. The molecule has 166 valence electrons. The van der Waals surface area contributed by atoms with Gasteiger partial charge in [-0.1, -0.05) is 68.3 Å². The van der Waals surface area contributed by atoms with E-state index in [0.29, 0.717) is 23.4 Å². The van der Waals surface area contributed by atoms with Gasteiger partial charge in [-0.2, -0.15) is 0 Å². The summed E-state index contributed by atoms with van der Waals surface area (Å²) < 4.78 is 6.14. The Hall–Kier alpha value is -3.34. The highest BCUT2D eigenvalue weighted by Gasteiger charge is 2.24. The van der Waals surface area contributed by atoms with Crippen molar-refractivity contribution in [2.24, 2.45) is 0 Å². The van der Waals surface area contributed by atoms with Crippen LogP contribution in [0.4, 0.5) is 5.69 Å². The van der Waals surface area contributed by atoms with Crippen molar-refractivity contribution in [3.63, 3.8) is 0 Å². The molecule has 5 nitrogen and oxygen atoms in total. The second-order valence-corrected chi connectivity index (χ2v) is 8.23. The first-order chi connectivity index (χ1) is 15.7. The Morgan fingerprint density at radius 1 is 0.906 bits per heavy atom.